The maximum atomic E-state index is 11.3. The zero-order chi connectivity index (χ0) is 14.0. The van der Waals surface area contributed by atoms with Crippen LogP contribution in [0.3, 0.4) is 0 Å². The van der Waals surface area contributed by atoms with Crippen molar-refractivity contribution in [1.82, 2.24) is 9.97 Å². The molecule has 1 aromatic heterocycles. The molecule has 2 rings (SSSR count). The second-order valence-electron chi connectivity index (χ2n) is 3.40. The maximum absolute atomic E-state index is 11.3. The summed E-state index contributed by atoms with van der Waals surface area (Å²) in [7, 11) is 0. The summed E-state index contributed by atoms with van der Waals surface area (Å²) in [5, 5.41) is 9.03. The van der Waals surface area contributed by atoms with E-state index in [0.717, 1.165) is 0 Å². The van der Waals surface area contributed by atoms with Gasteiger partial charge in [0.2, 0.25) is 5.88 Å². The van der Waals surface area contributed by atoms with Crippen molar-refractivity contribution in [2.45, 2.75) is 0 Å². The van der Waals surface area contributed by atoms with E-state index >= 15 is 0 Å². The first-order valence-electron chi connectivity index (χ1n) is 4.93. The molecule has 0 aliphatic heterocycles. The number of rotatable bonds is 3. The highest BCUT2D eigenvalue weighted by atomic mass is 79.9. The Balaban J connectivity index is 2.39. The highest BCUT2D eigenvalue weighted by Crippen LogP contribution is 2.27. The molecular formula is C11H6BrClN2O4. The molecule has 1 heterocycles. The van der Waals surface area contributed by atoms with Crippen molar-refractivity contribution in [3.05, 3.63) is 49.9 Å². The Morgan fingerprint density at radius 3 is 2.89 bits per heavy atom. The molecule has 2 aromatic rings. The molecular weight excluding hydrogens is 339 g/mol. The van der Waals surface area contributed by atoms with E-state index in [4.69, 9.17) is 21.4 Å². The summed E-state index contributed by atoms with van der Waals surface area (Å²) in [6.07, 6.45) is 1.18. The summed E-state index contributed by atoms with van der Waals surface area (Å²) in [5.74, 6) is -0.934. The summed E-state index contributed by atoms with van der Waals surface area (Å²) >= 11 is 8.76. The molecule has 1 aromatic carbocycles. The van der Waals surface area contributed by atoms with E-state index in [1.54, 1.807) is 0 Å². The van der Waals surface area contributed by atoms with Gasteiger partial charge in [0.1, 0.15) is 10.2 Å². The van der Waals surface area contributed by atoms with E-state index in [2.05, 4.69) is 25.9 Å². The molecule has 98 valence electrons. The highest BCUT2D eigenvalue weighted by molar-refractivity contribution is 9.10. The van der Waals surface area contributed by atoms with Crippen LogP contribution >= 0.6 is 27.5 Å². The maximum Gasteiger partial charge on any atom is 0.337 e. The normalized spacial score (nSPS) is 10.2. The van der Waals surface area contributed by atoms with Gasteiger partial charge in [-0.25, -0.2) is 9.78 Å². The van der Waals surface area contributed by atoms with Gasteiger partial charge in [-0.05, 0) is 34.1 Å². The van der Waals surface area contributed by atoms with Crippen LogP contribution in [0.25, 0.3) is 0 Å². The van der Waals surface area contributed by atoms with Crippen LogP contribution in [0.15, 0.2) is 33.8 Å². The number of aromatic carboxylic acids is 1. The summed E-state index contributed by atoms with van der Waals surface area (Å²) in [6.45, 7) is 0. The Bertz CT molecular complexity index is 701. The van der Waals surface area contributed by atoms with Crippen LogP contribution in [0.5, 0.6) is 11.6 Å². The van der Waals surface area contributed by atoms with E-state index in [1.807, 2.05) is 0 Å². The summed E-state index contributed by atoms with van der Waals surface area (Å²) < 4.78 is 5.45. The van der Waals surface area contributed by atoms with Crippen LogP contribution in [0.4, 0.5) is 0 Å². The number of aromatic nitrogens is 2. The fraction of sp³-hybridized carbons (Fsp3) is 0. The average molecular weight is 346 g/mol. The van der Waals surface area contributed by atoms with Gasteiger partial charge in [0.15, 0.2) is 0 Å². The van der Waals surface area contributed by atoms with Crippen molar-refractivity contribution in [2.75, 3.05) is 0 Å². The SMILES string of the molecule is O=C(O)c1cc(Oc2nc[nH]c(=O)c2Br)ccc1Cl. The van der Waals surface area contributed by atoms with Gasteiger partial charge in [-0.1, -0.05) is 11.6 Å². The van der Waals surface area contributed by atoms with Gasteiger partial charge in [-0.15, -0.1) is 0 Å². The number of H-pyrrole nitrogens is 1. The quantitative estimate of drug-likeness (QED) is 0.892. The monoisotopic (exact) mass is 344 g/mol. The van der Waals surface area contributed by atoms with Crippen LogP contribution in [0.1, 0.15) is 10.4 Å². The van der Waals surface area contributed by atoms with Crippen LogP contribution < -0.4 is 10.3 Å². The summed E-state index contributed by atoms with van der Waals surface area (Å²) in [4.78, 5) is 28.4. The topological polar surface area (TPSA) is 92.3 Å². The molecule has 0 atom stereocenters. The number of carboxylic acid groups (broad SMARTS) is 1. The van der Waals surface area contributed by atoms with E-state index in [0.29, 0.717) is 0 Å². The Morgan fingerprint density at radius 2 is 2.21 bits per heavy atom. The highest BCUT2D eigenvalue weighted by Gasteiger charge is 2.12. The number of benzene rings is 1. The first kappa shape index (κ1) is 13.6. The lowest BCUT2D eigenvalue weighted by Crippen LogP contribution is -2.08. The number of hydrogen-bond acceptors (Lipinski definition) is 4. The molecule has 0 aliphatic carbocycles. The van der Waals surface area contributed by atoms with Crippen LogP contribution in [0, 0.1) is 0 Å². The minimum atomic E-state index is -1.17. The predicted octanol–water partition coefficient (Wildman–Crippen LogP) is 2.68. The standard InChI is InChI=1S/C11H6BrClN2O4/c12-8-9(16)14-4-15-10(8)19-5-1-2-7(13)6(3-5)11(17)18/h1-4H,(H,17,18)(H,14,15,16). The fourth-order valence-electron chi connectivity index (χ4n) is 1.28. The van der Waals surface area contributed by atoms with E-state index in [9.17, 15) is 9.59 Å². The lowest BCUT2D eigenvalue weighted by molar-refractivity contribution is 0.0696. The molecule has 8 heteroatoms. The first-order valence-corrected chi connectivity index (χ1v) is 6.10. The molecule has 0 bridgehead atoms. The Hall–Kier alpha value is -1.86. The van der Waals surface area contributed by atoms with Crippen molar-refractivity contribution >= 4 is 33.5 Å². The number of hydrogen-bond donors (Lipinski definition) is 2. The molecule has 0 saturated heterocycles. The minimum absolute atomic E-state index is 0.0300. The lowest BCUT2D eigenvalue weighted by atomic mass is 10.2. The zero-order valence-electron chi connectivity index (χ0n) is 9.18. The van der Waals surface area contributed by atoms with E-state index < -0.39 is 11.5 Å². The molecule has 19 heavy (non-hydrogen) atoms. The van der Waals surface area contributed by atoms with Gasteiger partial charge in [0.25, 0.3) is 5.56 Å². The Labute approximate surface area is 120 Å². The number of ether oxygens (including phenoxy) is 1. The number of aromatic amines is 1. The molecule has 6 nitrogen and oxygen atoms in total. The first-order chi connectivity index (χ1) is 8.99. The number of halogens is 2. The minimum Gasteiger partial charge on any atom is -0.478 e. The molecule has 0 radical (unpaired) electrons. The third kappa shape index (κ3) is 2.94. The van der Waals surface area contributed by atoms with E-state index in [1.165, 1.54) is 24.5 Å². The lowest BCUT2D eigenvalue weighted by Gasteiger charge is -2.07. The van der Waals surface area contributed by atoms with Crippen molar-refractivity contribution in [1.29, 1.82) is 0 Å². The second kappa shape index (κ2) is 5.41. The third-order valence-electron chi connectivity index (χ3n) is 2.15. The van der Waals surface area contributed by atoms with Crippen LogP contribution in [-0.2, 0) is 0 Å². The zero-order valence-corrected chi connectivity index (χ0v) is 11.5. The summed E-state index contributed by atoms with van der Waals surface area (Å²) in [5.41, 5.74) is -0.502. The van der Waals surface area contributed by atoms with Crippen LogP contribution in [-0.4, -0.2) is 21.0 Å². The Kier molecular flexibility index (Phi) is 3.87. The molecule has 0 amide bonds. The van der Waals surface area contributed by atoms with Crippen molar-refractivity contribution in [3.8, 4) is 11.6 Å². The van der Waals surface area contributed by atoms with Crippen molar-refractivity contribution in [3.63, 3.8) is 0 Å². The van der Waals surface area contributed by atoms with Gasteiger partial charge in [0.05, 0.1) is 16.9 Å². The van der Waals surface area contributed by atoms with Crippen molar-refractivity contribution < 1.29 is 14.6 Å². The number of carboxylic acids is 1. The van der Waals surface area contributed by atoms with Gasteiger partial charge in [-0.3, -0.25) is 4.79 Å². The Morgan fingerprint density at radius 1 is 1.47 bits per heavy atom. The molecule has 0 aliphatic rings. The van der Waals surface area contributed by atoms with E-state index in [-0.39, 0.29) is 26.7 Å². The van der Waals surface area contributed by atoms with Crippen molar-refractivity contribution in [2.24, 2.45) is 0 Å². The molecule has 0 saturated carbocycles. The fourth-order valence-corrected chi connectivity index (χ4v) is 1.78. The number of carbonyl (C=O) groups is 1. The van der Waals surface area contributed by atoms with Gasteiger partial charge >= 0.3 is 5.97 Å². The predicted molar refractivity (Wildman–Crippen MR) is 71.0 cm³/mol. The van der Waals surface area contributed by atoms with Gasteiger partial charge in [-0.2, -0.15) is 0 Å². The van der Waals surface area contributed by atoms with Gasteiger partial charge < -0.3 is 14.8 Å². The third-order valence-corrected chi connectivity index (χ3v) is 3.18. The number of nitrogens with zero attached hydrogens (tertiary/aromatic N) is 1. The van der Waals surface area contributed by atoms with Gasteiger partial charge in [0, 0.05) is 0 Å². The summed E-state index contributed by atoms with van der Waals surface area (Å²) in [6, 6.07) is 4.12. The molecule has 0 spiro atoms. The largest absolute Gasteiger partial charge is 0.478 e. The van der Waals surface area contributed by atoms with Crippen LogP contribution in [0.2, 0.25) is 5.02 Å². The number of nitrogens with one attached hydrogen (secondary N) is 1. The molecule has 0 unspecified atom stereocenters. The smallest absolute Gasteiger partial charge is 0.337 e. The average Bonchev–Trinajstić information content (AvgIpc) is 2.37. The molecule has 2 N–H and O–H groups in total. The molecule has 0 fully saturated rings. The second-order valence-corrected chi connectivity index (χ2v) is 4.60.